The van der Waals surface area contributed by atoms with Crippen LogP contribution in [-0.4, -0.2) is 52.1 Å². The van der Waals surface area contributed by atoms with Crippen LogP contribution >= 0.6 is 11.6 Å². The lowest BCUT2D eigenvalue weighted by Crippen LogP contribution is -2.24. The predicted octanol–water partition coefficient (Wildman–Crippen LogP) is 5.42. The van der Waals surface area contributed by atoms with Crippen LogP contribution in [0.2, 0.25) is 5.02 Å². The number of ether oxygens (including phenoxy) is 2. The summed E-state index contributed by atoms with van der Waals surface area (Å²) in [5, 5.41) is 19.9. The number of aromatic carboxylic acids is 1. The molecule has 3 heterocycles. The van der Waals surface area contributed by atoms with Crippen molar-refractivity contribution in [2.45, 2.75) is 13.5 Å². The highest BCUT2D eigenvalue weighted by atomic mass is 35.5. The quantitative estimate of drug-likeness (QED) is 0.274. The summed E-state index contributed by atoms with van der Waals surface area (Å²) in [7, 11) is 1.60. The Morgan fingerprint density at radius 1 is 1.08 bits per heavy atom. The maximum absolute atomic E-state index is 13.4. The molecule has 0 saturated heterocycles. The Labute approximate surface area is 228 Å². The number of rotatable bonds is 7. The fourth-order valence-electron chi connectivity index (χ4n) is 5.19. The molecule has 0 atom stereocenters. The molecule has 6 rings (SSSR count). The van der Waals surface area contributed by atoms with Gasteiger partial charge < -0.3 is 24.0 Å². The Balaban J connectivity index is 1.57. The number of methoxy groups -OCH3 is 1. The summed E-state index contributed by atoms with van der Waals surface area (Å²) in [5.74, 6) is -0.720. The van der Waals surface area contributed by atoms with E-state index in [0.717, 1.165) is 22.0 Å². The molecule has 1 aliphatic heterocycles. The molecule has 0 aliphatic carbocycles. The number of halogens is 1. The molecule has 0 radical (unpaired) electrons. The summed E-state index contributed by atoms with van der Waals surface area (Å²) in [6.07, 6.45) is 1.57. The first-order chi connectivity index (χ1) is 18.9. The number of hydrogen-bond acceptors (Lipinski definition) is 6. The second-order valence-electron chi connectivity index (χ2n) is 9.23. The Morgan fingerprint density at radius 3 is 2.69 bits per heavy atom. The smallest absolute Gasteiger partial charge is 0.358 e. The second-order valence-corrected chi connectivity index (χ2v) is 9.67. The number of carboxylic acids is 1. The van der Waals surface area contributed by atoms with Crippen molar-refractivity contribution in [1.82, 2.24) is 14.8 Å². The first kappa shape index (κ1) is 24.8. The van der Waals surface area contributed by atoms with Gasteiger partial charge in [0.15, 0.2) is 5.69 Å². The highest BCUT2D eigenvalue weighted by Gasteiger charge is 2.31. The average molecular weight is 543 g/mol. The molecule has 0 bridgehead atoms. The van der Waals surface area contributed by atoms with Crippen molar-refractivity contribution >= 4 is 51.0 Å². The Kier molecular flexibility index (Phi) is 6.17. The molecule has 0 fully saturated rings. The van der Waals surface area contributed by atoms with E-state index in [4.69, 9.17) is 21.1 Å². The maximum Gasteiger partial charge on any atom is 0.358 e. The van der Waals surface area contributed by atoms with E-state index >= 15 is 0 Å². The number of aromatic nitrogens is 3. The summed E-state index contributed by atoms with van der Waals surface area (Å²) < 4.78 is 12.8. The van der Waals surface area contributed by atoms with Gasteiger partial charge in [0.05, 0.1) is 36.1 Å². The van der Waals surface area contributed by atoms with E-state index in [-0.39, 0.29) is 11.6 Å². The van der Waals surface area contributed by atoms with E-state index in [1.165, 1.54) is 0 Å². The molecular weight excluding hydrogens is 520 g/mol. The van der Waals surface area contributed by atoms with E-state index in [9.17, 15) is 14.7 Å². The van der Waals surface area contributed by atoms with Crippen LogP contribution in [0.4, 0.5) is 5.69 Å². The summed E-state index contributed by atoms with van der Waals surface area (Å²) in [4.78, 5) is 27.3. The van der Waals surface area contributed by atoms with Gasteiger partial charge in [0.25, 0.3) is 5.91 Å². The number of hydrogen-bond donors (Lipinski definition) is 1. The summed E-state index contributed by atoms with van der Waals surface area (Å²) in [5.41, 5.74) is 4.64. The van der Waals surface area contributed by atoms with Crippen LogP contribution in [0.25, 0.3) is 27.5 Å². The topological polar surface area (TPSA) is 107 Å². The van der Waals surface area contributed by atoms with Gasteiger partial charge in [-0.25, -0.2) is 4.79 Å². The molecule has 0 saturated carbocycles. The zero-order valence-electron chi connectivity index (χ0n) is 21.1. The van der Waals surface area contributed by atoms with Crippen LogP contribution in [-0.2, 0) is 11.3 Å². The molecule has 3 aromatic carbocycles. The lowest BCUT2D eigenvalue weighted by Gasteiger charge is -2.21. The molecule has 5 aromatic rings. The third kappa shape index (κ3) is 4.07. The number of anilines is 1. The standard InChI is InChI=1S/C29H23ClN4O5/c1-16-23(33-15-17-6-7-18(30)12-21(17)28(33)35)4-3-5-24(16)34-25-13-19(39-11-10-38-2)8-9-20(25)22-14-31-32-26(27(22)34)29(36)37/h3-9,12-14H,10-11,15H2,1-2H3,(H,36,37). The average Bonchev–Trinajstić information content (AvgIpc) is 3.43. The summed E-state index contributed by atoms with van der Waals surface area (Å²) in [6.45, 7) is 3.12. The lowest BCUT2D eigenvalue weighted by atomic mass is 10.1. The number of carbonyl (C=O) groups excluding carboxylic acids is 1. The normalized spacial score (nSPS) is 12.9. The Bertz CT molecular complexity index is 1800. The van der Waals surface area contributed by atoms with E-state index in [1.807, 2.05) is 54.0 Å². The zero-order chi connectivity index (χ0) is 27.3. The molecule has 1 N–H and O–H groups in total. The van der Waals surface area contributed by atoms with E-state index in [2.05, 4.69) is 10.2 Å². The molecule has 0 unspecified atom stereocenters. The molecule has 196 valence electrons. The van der Waals surface area contributed by atoms with Crippen molar-refractivity contribution in [2.24, 2.45) is 0 Å². The molecule has 1 amide bonds. The third-order valence-corrected chi connectivity index (χ3v) is 7.23. The van der Waals surface area contributed by atoms with Gasteiger partial charge in [-0.15, -0.1) is 5.10 Å². The van der Waals surface area contributed by atoms with Crippen molar-refractivity contribution < 1.29 is 24.2 Å². The fourth-order valence-corrected chi connectivity index (χ4v) is 5.36. The van der Waals surface area contributed by atoms with E-state index < -0.39 is 5.97 Å². The molecule has 0 spiro atoms. The number of carbonyl (C=O) groups is 2. The highest BCUT2D eigenvalue weighted by molar-refractivity contribution is 6.31. The van der Waals surface area contributed by atoms with Crippen LogP contribution < -0.4 is 9.64 Å². The Hall–Kier alpha value is -4.47. The van der Waals surface area contributed by atoms with Gasteiger partial charge in [0, 0.05) is 40.2 Å². The number of amides is 1. The van der Waals surface area contributed by atoms with Crippen molar-refractivity contribution in [3.8, 4) is 11.4 Å². The molecule has 9 nitrogen and oxygen atoms in total. The molecule has 2 aromatic heterocycles. The second kappa shape index (κ2) is 9.68. The van der Waals surface area contributed by atoms with Crippen LogP contribution in [0.15, 0.2) is 60.8 Å². The molecular formula is C29H23ClN4O5. The van der Waals surface area contributed by atoms with Gasteiger partial charge in [-0.1, -0.05) is 23.7 Å². The molecule has 1 aliphatic rings. The minimum atomic E-state index is -1.19. The van der Waals surface area contributed by atoms with Crippen molar-refractivity contribution in [1.29, 1.82) is 0 Å². The lowest BCUT2D eigenvalue weighted by molar-refractivity contribution is 0.0691. The van der Waals surface area contributed by atoms with Crippen LogP contribution in [0.5, 0.6) is 5.75 Å². The van der Waals surface area contributed by atoms with Crippen molar-refractivity contribution in [3.05, 3.63) is 88.2 Å². The summed E-state index contributed by atoms with van der Waals surface area (Å²) >= 11 is 6.16. The maximum atomic E-state index is 13.4. The number of fused-ring (bicyclic) bond motifs is 4. The van der Waals surface area contributed by atoms with Gasteiger partial charge in [-0.2, -0.15) is 5.10 Å². The first-order valence-corrected chi connectivity index (χ1v) is 12.6. The van der Waals surface area contributed by atoms with E-state index in [0.29, 0.717) is 58.4 Å². The van der Waals surface area contributed by atoms with Crippen LogP contribution in [0, 0.1) is 6.92 Å². The minimum Gasteiger partial charge on any atom is -0.491 e. The predicted molar refractivity (Wildman–Crippen MR) is 147 cm³/mol. The summed E-state index contributed by atoms with van der Waals surface area (Å²) in [6, 6.07) is 16.5. The van der Waals surface area contributed by atoms with E-state index in [1.54, 1.807) is 30.3 Å². The largest absolute Gasteiger partial charge is 0.491 e. The van der Waals surface area contributed by atoms with Crippen LogP contribution in [0.3, 0.4) is 0 Å². The number of carboxylic acid groups (broad SMARTS) is 1. The van der Waals surface area contributed by atoms with Gasteiger partial charge >= 0.3 is 5.97 Å². The zero-order valence-corrected chi connectivity index (χ0v) is 21.9. The van der Waals surface area contributed by atoms with Gasteiger partial charge in [-0.3, -0.25) is 4.79 Å². The third-order valence-electron chi connectivity index (χ3n) is 6.99. The Morgan fingerprint density at radius 2 is 1.90 bits per heavy atom. The van der Waals surface area contributed by atoms with Gasteiger partial charge in [0.2, 0.25) is 0 Å². The number of nitrogens with zero attached hydrogens (tertiary/aromatic N) is 4. The SMILES string of the molecule is COCCOc1ccc2c3cnnc(C(=O)O)c3n(-c3cccc(N4Cc5ccc(Cl)cc5C4=O)c3C)c2c1. The van der Waals surface area contributed by atoms with Crippen LogP contribution in [0.1, 0.15) is 32.0 Å². The van der Waals surface area contributed by atoms with Crippen molar-refractivity contribution in [3.63, 3.8) is 0 Å². The number of benzene rings is 3. The molecule has 10 heteroatoms. The molecule has 39 heavy (non-hydrogen) atoms. The first-order valence-electron chi connectivity index (χ1n) is 12.2. The highest BCUT2D eigenvalue weighted by Crippen LogP contribution is 2.39. The van der Waals surface area contributed by atoms with Gasteiger partial charge in [-0.05, 0) is 54.4 Å². The van der Waals surface area contributed by atoms with Crippen molar-refractivity contribution in [2.75, 3.05) is 25.2 Å². The monoisotopic (exact) mass is 542 g/mol. The van der Waals surface area contributed by atoms with Gasteiger partial charge in [0.1, 0.15) is 12.4 Å². The minimum absolute atomic E-state index is 0.138. The fraction of sp³-hybridized carbons (Fsp3) is 0.172.